The van der Waals surface area contributed by atoms with Crippen LogP contribution in [0.4, 0.5) is 17.6 Å². The van der Waals surface area contributed by atoms with Gasteiger partial charge in [-0.1, -0.05) is 0 Å². The molecule has 0 aromatic heterocycles. The highest BCUT2D eigenvalue weighted by Crippen LogP contribution is 2.52. The van der Waals surface area contributed by atoms with E-state index in [4.69, 9.17) is 0 Å². The SMILES string of the molecule is CC(=O)OCCC1C(F)(F)C(=O)C1(F)F. The monoisotopic (exact) mass is 228 g/mol. The Balaban J connectivity index is 2.55. The van der Waals surface area contributed by atoms with Crippen molar-refractivity contribution in [1.82, 2.24) is 0 Å². The highest BCUT2D eigenvalue weighted by molar-refractivity contribution is 5.99. The van der Waals surface area contributed by atoms with Crippen LogP contribution >= 0.6 is 0 Å². The summed E-state index contributed by atoms with van der Waals surface area (Å²) in [6, 6.07) is 0. The fourth-order valence-corrected chi connectivity index (χ4v) is 1.37. The summed E-state index contributed by atoms with van der Waals surface area (Å²) in [4.78, 5) is 20.6. The molecule has 0 aromatic rings. The van der Waals surface area contributed by atoms with Crippen molar-refractivity contribution in [2.24, 2.45) is 5.92 Å². The Kier molecular flexibility index (Phi) is 2.75. The number of alkyl halides is 4. The van der Waals surface area contributed by atoms with Crippen LogP contribution in [0.5, 0.6) is 0 Å². The zero-order chi connectivity index (χ0) is 11.9. The number of esters is 1. The second-order valence-electron chi connectivity index (χ2n) is 3.26. The van der Waals surface area contributed by atoms with Crippen molar-refractivity contribution in [3.05, 3.63) is 0 Å². The molecule has 1 aliphatic carbocycles. The van der Waals surface area contributed by atoms with Crippen LogP contribution in [0.1, 0.15) is 13.3 Å². The Morgan fingerprint density at radius 3 is 2.20 bits per heavy atom. The molecule has 1 fully saturated rings. The average Bonchev–Trinajstić information content (AvgIpc) is 2.10. The molecular formula is C8H8F4O3. The smallest absolute Gasteiger partial charge is 0.320 e. The fraction of sp³-hybridized carbons (Fsp3) is 0.750. The Morgan fingerprint density at radius 1 is 1.33 bits per heavy atom. The van der Waals surface area contributed by atoms with Gasteiger partial charge in [-0.3, -0.25) is 9.59 Å². The Morgan fingerprint density at radius 2 is 1.80 bits per heavy atom. The van der Waals surface area contributed by atoms with Crippen molar-refractivity contribution >= 4 is 11.8 Å². The molecule has 1 rings (SSSR count). The summed E-state index contributed by atoms with van der Waals surface area (Å²) in [6.07, 6.45) is -0.731. The van der Waals surface area contributed by atoms with E-state index in [9.17, 15) is 27.2 Å². The van der Waals surface area contributed by atoms with Gasteiger partial charge in [0.25, 0.3) is 5.78 Å². The highest BCUT2D eigenvalue weighted by atomic mass is 19.3. The van der Waals surface area contributed by atoms with Gasteiger partial charge in [0, 0.05) is 6.92 Å². The summed E-state index contributed by atoms with van der Waals surface area (Å²) in [6.45, 7) is 0.487. The molecule has 1 saturated carbocycles. The van der Waals surface area contributed by atoms with Crippen LogP contribution < -0.4 is 0 Å². The second-order valence-corrected chi connectivity index (χ2v) is 3.26. The predicted octanol–water partition coefficient (Wildman–Crippen LogP) is 1.41. The molecule has 15 heavy (non-hydrogen) atoms. The first-order chi connectivity index (χ1) is 6.70. The first-order valence-electron chi connectivity index (χ1n) is 4.14. The van der Waals surface area contributed by atoms with Gasteiger partial charge in [-0.2, -0.15) is 17.6 Å². The highest BCUT2D eigenvalue weighted by Gasteiger charge is 2.76. The van der Waals surface area contributed by atoms with Crippen molar-refractivity contribution in [3.63, 3.8) is 0 Å². The van der Waals surface area contributed by atoms with Gasteiger partial charge in [-0.05, 0) is 6.42 Å². The number of carbonyl (C=O) groups is 2. The molecule has 0 saturated heterocycles. The van der Waals surface area contributed by atoms with Crippen molar-refractivity contribution in [1.29, 1.82) is 0 Å². The number of rotatable bonds is 3. The predicted molar refractivity (Wildman–Crippen MR) is 39.6 cm³/mol. The first-order valence-corrected chi connectivity index (χ1v) is 4.14. The maximum absolute atomic E-state index is 12.6. The normalized spacial score (nSPS) is 23.4. The van der Waals surface area contributed by atoms with E-state index >= 15 is 0 Å². The molecule has 7 heteroatoms. The number of halogens is 4. The van der Waals surface area contributed by atoms with Gasteiger partial charge in [0.1, 0.15) is 5.92 Å². The van der Waals surface area contributed by atoms with Crippen molar-refractivity contribution in [2.45, 2.75) is 25.2 Å². The van der Waals surface area contributed by atoms with Crippen LogP contribution in [0.2, 0.25) is 0 Å². The molecular weight excluding hydrogens is 220 g/mol. The Labute approximate surface area is 82.4 Å². The van der Waals surface area contributed by atoms with E-state index in [0.717, 1.165) is 6.92 Å². The second kappa shape index (κ2) is 3.46. The summed E-state index contributed by atoms with van der Waals surface area (Å²) in [5.41, 5.74) is 0. The van der Waals surface area contributed by atoms with E-state index in [0.29, 0.717) is 0 Å². The van der Waals surface area contributed by atoms with Crippen molar-refractivity contribution in [2.75, 3.05) is 6.61 Å². The molecule has 1 aliphatic rings. The molecule has 86 valence electrons. The number of carbonyl (C=O) groups excluding carboxylic acids is 2. The molecule has 0 radical (unpaired) electrons. The van der Waals surface area contributed by atoms with E-state index in [1.165, 1.54) is 0 Å². The minimum Gasteiger partial charge on any atom is -0.466 e. The summed E-state index contributed by atoms with van der Waals surface area (Å²) in [5, 5.41) is 0. The zero-order valence-electron chi connectivity index (χ0n) is 7.73. The van der Waals surface area contributed by atoms with E-state index in [2.05, 4.69) is 4.74 Å². The van der Waals surface area contributed by atoms with Gasteiger partial charge in [0.15, 0.2) is 0 Å². The number of ketones is 1. The third kappa shape index (κ3) is 1.82. The lowest BCUT2D eigenvalue weighted by molar-refractivity contribution is -0.249. The molecule has 0 atom stereocenters. The van der Waals surface area contributed by atoms with E-state index < -0.39 is 42.5 Å². The van der Waals surface area contributed by atoms with E-state index in [1.807, 2.05) is 0 Å². The maximum atomic E-state index is 12.6. The third-order valence-electron chi connectivity index (χ3n) is 2.19. The molecule has 0 heterocycles. The van der Waals surface area contributed by atoms with Gasteiger partial charge in [0.05, 0.1) is 6.61 Å². The van der Waals surface area contributed by atoms with Gasteiger partial charge in [-0.25, -0.2) is 0 Å². The van der Waals surface area contributed by atoms with Crippen molar-refractivity contribution in [3.8, 4) is 0 Å². The summed E-state index contributed by atoms with van der Waals surface area (Å²) in [5.74, 6) is -13.5. The topological polar surface area (TPSA) is 43.4 Å². The fourth-order valence-electron chi connectivity index (χ4n) is 1.37. The zero-order valence-corrected chi connectivity index (χ0v) is 7.73. The molecule has 0 spiro atoms. The summed E-state index contributed by atoms with van der Waals surface area (Å²) >= 11 is 0. The Hall–Kier alpha value is -1.14. The lowest BCUT2D eigenvalue weighted by atomic mass is 9.73. The molecule has 0 unspecified atom stereocenters. The van der Waals surface area contributed by atoms with Gasteiger partial charge < -0.3 is 4.74 Å². The molecule has 0 aliphatic heterocycles. The van der Waals surface area contributed by atoms with Crippen LogP contribution in [0.25, 0.3) is 0 Å². The van der Waals surface area contributed by atoms with Crippen LogP contribution in [-0.4, -0.2) is 30.2 Å². The summed E-state index contributed by atoms with van der Waals surface area (Å²) in [7, 11) is 0. The largest absolute Gasteiger partial charge is 0.466 e. The van der Waals surface area contributed by atoms with Crippen LogP contribution in [0, 0.1) is 5.92 Å². The van der Waals surface area contributed by atoms with Crippen LogP contribution in [0.3, 0.4) is 0 Å². The third-order valence-corrected chi connectivity index (χ3v) is 2.19. The number of ether oxygens (including phenoxy) is 1. The maximum Gasteiger partial charge on any atom is 0.320 e. The lowest BCUT2D eigenvalue weighted by Gasteiger charge is -2.41. The number of Topliss-reactive ketones (excluding diaryl/α,β-unsaturated/α-hetero) is 1. The van der Waals surface area contributed by atoms with Crippen LogP contribution in [0.15, 0.2) is 0 Å². The van der Waals surface area contributed by atoms with Gasteiger partial charge >= 0.3 is 17.8 Å². The number of hydrogen-bond donors (Lipinski definition) is 0. The van der Waals surface area contributed by atoms with Gasteiger partial charge in [-0.15, -0.1) is 0 Å². The lowest BCUT2D eigenvalue weighted by Crippen LogP contribution is -2.66. The van der Waals surface area contributed by atoms with Crippen LogP contribution in [-0.2, 0) is 14.3 Å². The standard InChI is InChI=1S/C8H8F4O3/c1-4(13)15-3-2-5-7(9,10)6(14)8(5,11)12/h5H,2-3H2,1H3. The average molecular weight is 228 g/mol. The van der Waals surface area contributed by atoms with Crippen molar-refractivity contribution < 1.29 is 31.9 Å². The molecule has 0 amide bonds. The molecule has 0 N–H and O–H groups in total. The molecule has 3 nitrogen and oxygen atoms in total. The Bertz CT molecular complexity index is 282. The van der Waals surface area contributed by atoms with E-state index in [1.54, 1.807) is 0 Å². The van der Waals surface area contributed by atoms with Gasteiger partial charge in [0.2, 0.25) is 0 Å². The minimum atomic E-state index is -4.01. The minimum absolute atomic E-state index is 0.543. The molecule has 0 aromatic carbocycles. The number of hydrogen-bond acceptors (Lipinski definition) is 3. The summed E-state index contributed by atoms with van der Waals surface area (Å²) < 4.78 is 54.8. The quantitative estimate of drug-likeness (QED) is 0.541. The van der Waals surface area contributed by atoms with E-state index in [-0.39, 0.29) is 0 Å². The first kappa shape index (κ1) is 11.9. The molecule has 0 bridgehead atoms.